The molecule has 4 rings (SSSR count). The highest BCUT2D eigenvalue weighted by Gasteiger charge is 2.38. The van der Waals surface area contributed by atoms with E-state index < -0.39 is 42.5 Å². The molecule has 1 saturated heterocycles. The molecule has 198 valence electrons. The Bertz CT molecular complexity index is 1310. The van der Waals surface area contributed by atoms with Gasteiger partial charge in [-0.3, -0.25) is 9.78 Å². The summed E-state index contributed by atoms with van der Waals surface area (Å²) < 4.78 is 44.0. The van der Waals surface area contributed by atoms with Crippen molar-refractivity contribution < 1.29 is 27.5 Å². The van der Waals surface area contributed by atoms with Crippen LogP contribution in [-0.2, 0) is 9.53 Å². The molecule has 1 aliphatic heterocycles. The van der Waals surface area contributed by atoms with Gasteiger partial charge in [0.25, 0.3) is 0 Å². The minimum Gasteiger partial charge on any atom is -0.444 e. The number of aromatic nitrogens is 4. The fraction of sp³-hybridized carbons (Fsp3) is 0.458. The predicted octanol–water partition coefficient (Wildman–Crippen LogP) is 5.01. The molecule has 1 atom stereocenters. The highest BCUT2D eigenvalue weighted by atomic mass is 35.5. The summed E-state index contributed by atoms with van der Waals surface area (Å²) in [5.41, 5.74) is 0.967. The molecule has 4 heterocycles. The lowest BCUT2D eigenvalue weighted by molar-refractivity contribution is -0.144. The topological polar surface area (TPSA) is 104 Å². The number of Topliss-reactive ketones (excluding diaryl/α,β-unsaturated/α-hetero) is 1. The first kappa shape index (κ1) is 26.6. The molecule has 0 radical (unpaired) electrons. The number of alkyl halides is 3. The Labute approximate surface area is 216 Å². The number of ketones is 1. The van der Waals surface area contributed by atoms with Crippen LogP contribution < -0.4 is 4.90 Å². The smallest absolute Gasteiger partial charge is 0.410 e. The van der Waals surface area contributed by atoms with Gasteiger partial charge >= 0.3 is 12.3 Å². The number of halogens is 4. The summed E-state index contributed by atoms with van der Waals surface area (Å²) in [6.45, 7) is 5.34. The third kappa shape index (κ3) is 6.48. The number of rotatable bonds is 5. The van der Waals surface area contributed by atoms with Crippen molar-refractivity contribution >= 4 is 40.3 Å². The molecule has 9 nitrogen and oxygen atoms in total. The molecular formula is C24H26ClF3N6O3. The van der Waals surface area contributed by atoms with Gasteiger partial charge in [-0.15, -0.1) is 0 Å². The molecule has 0 aromatic carbocycles. The summed E-state index contributed by atoms with van der Waals surface area (Å²) in [6.07, 6.45) is -0.902. The van der Waals surface area contributed by atoms with Gasteiger partial charge in [-0.25, -0.2) is 14.8 Å². The molecule has 0 bridgehead atoms. The Morgan fingerprint density at radius 1 is 1.19 bits per heavy atom. The van der Waals surface area contributed by atoms with Gasteiger partial charge in [-0.2, -0.15) is 13.2 Å². The van der Waals surface area contributed by atoms with Gasteiger partial charge in [0.05, 0.1) is 36.1 Å². The number of pyridine rings is 1. The number of amides is 1. The van der Waals surface area contributed by atoms with Gasteiger partial charge < -0.3 is 19.5 Å². The molecule has 0 unspecified atom stereocenters. The Morgan fingerprint density at radius 2 is 1.95 bits per heavy atom. The van der Waals surface area contributed by atoms with E-state index in [-0.39, 0.29) is 19.6 Å². The molecule has 3 aromatic rings. The highest BCUT2D eigenvalue weighted by molar-refractivity contribution is 6.31. The Kier molecular flexibility index (Phi) is 7.31. The highest BCUT2D eigenvalue weighted by Crippen LogP contribution is 2.30. The van der Waals surface area contributed by atoms with Crippen LogP contribution in [0.2, 0.25) is 5.02 Å². The van der Waals surface area contributed by atoms with Gasteiger partial charge in [0, 0.05) is 42.9 Å². The minimum absolute atomic E-state index is 0.135. The van der Waals surface area contributed by atoms with Gasteiger partial charge in [0.2, 0.25) is 0 Å². The molecule has 1 fully saturated rings. The number of nitrogens with zero attached hydrogens (tertiary/aromatic N) is 5. The maximum Gasteiger partial charge on any atom is 0.410 e. The summed E-state index contributed by atoms with van der Waals surface area (Å²) in [4.78, 5) is 44.8. The number of anilines is 1. The van der Waals surface area contributed by atoms with Crippen LogP contribution in [0, 0.1) is 0 Å². The van der Waals surface area contributed by atoms with Crippen molar-refractivity contribution in [1.82, 2.24) is 24.8 Å². The normalized spacial score (nSPS) is 16.8. The lowest BCUT2D eigenvalue weighted by Gasteiger charge is -2.41. The molecule has 3 aromatic heterocycles. The van der Waals surface area contributed by atoms with Crippen LogP contribution >= 0.6 is 11.6 Å². The van der Waals surface area contributed by atoms with E-state index in [2.05, 4.69) is 19.9 Å². The van der Waals surface area contributed by atoms with Crippen LogP contribution in [0.4, 0.5) is 23.8 Å². The Hall–Kier alpha value is -3.41. The van der Waals surface area contributed by atoms with Crippen LogP contribution in [0.5, 0.6) is 0 Å². The van der Waals surface area contributed by atoms with Crippen molar-refractivity contribution in [1.29, 1.82) is 0 Å². The first-order valence-corrected chi connectivity index (χ1v) is 12.0. The first-order valence-electron chi connectivity index (χ1n) is 11.6. The van der Waals surface area contributed by atoms with Crippen LogP contribution in [-0.4, -0.2) is 74.2 Å². The summed E-state index contributed by atoms with van der Waals surface area (Å²) in [5, 5.41) is 1.15. The number of fused-ring (bicyclic) bond motifs is 1. The van der Waals surface area contributed by atoms with Crippen LogP contribution in [0.15, 0.2) is 30.9 Å². The third-order valence-corrected chi connectivity index (χ3v) is 5.96. The third-order valence-electron chi connectivity index (χ3n) is 5.75. The maximum atomic E-state index is 13.0. The van der Waals surface area contributed by atoms with Crippen molar-refractivity contribution in [2.45, 2.75) is 51.4 Å². The van der Waals surface area contributed by atoms with Crippen molar-refractivity contribution in [2.24, 2.45) is 0 Å². The standard InChI is InChI=1S/C24H26ClF3N6O3/c1-23(2,3)37-22(36)33-6-7-34(18(13-33)19(35)4-5-24(26,27)28)20-12-29-11-17(32-20)16-10-31-21-15(16)8-14(25)9-30-21/h8-12,18H,4-7,13H2,1-3H3,(H,30,31)/t18-/m1/s1. The van der Waals surface area contributed by atoms with Crippen molar-refractivity contribution in [3.8, 4) is 11.3 Å². The second-order valence-corrected chi connectivity index (χ2v) is 10.2. The number of carbonyl (C=O) groups excluding carboxylic acids is 2. The molecule has 0 saturated carbocycles. The number of carbonyl (C=O) groups is 2. The molecule has 1 aliphatic rings. The van der Waals surface area contributed by atoms with E-state index in [1.54, 1.807) is 37.9 Å². The molecule has 13 heteroatoms. The Morgan fingerprint density at radius 3 is 2.65 bits per heavy atom. The number of nitrogens with one attached hydrogen (secondary N) is 1. The zero-order valence-electron chi connectivity index (χ0n) is 20.5. The number of H-pyrrole nitrogens is 1. The molecule has 0 spiro atoms. The molecule has 0 aliphatic carbocycles. The summed E-state index contributed by atoms with van der Waals surface area (Å²) in [6, 6.07) is 0.680. The predicted molar refractivity (Wildman–Crippen MR) is 131 cm³/mol. The number of piperazine rings is 1. The zero-order chi connectivity index (χ0) is 27.0. The van der Waals surface area contributed by atoms with Gasteiger partial charge in [0.1, 0.15) is 23.1 Å². The van der Waals surface area contributed by atoms with Gasteiger partial charge in [-0.05, 0) is 26.8 Å². The van der Waals surface area contributed by atoms with Crippen LogP contribution in [0.25, 0.3) is 22.3 Å². The number of hydrogen-bond donors (Lipinski definition) is 1. The fourth-order valence-corrected chi connectivity index (χ4v) is 4.23. The Balaban J connectivity index is 1.64. The fourth-order valence-electron chi connectivity index (χ4n) is 4.07. The van der Waals surface area contributed by atoms with E-state index >= 15 is 0 Å². The quantitative estimate of drug-likeness (QED) is 0.487. The van der Waals surface area contributed by atoms with Crippen molar-refractivity contribution in [3.05, 3.63) is 35.9 Å². The van der Waals surface area contributed by atoms with Gasteiger partial charge in [-0.1, -0.05) is 11.6 Å². The molecule has 1 N–H and O–H groups in total. The summed E-state index contributed by atoms with van der Waals surface area (Å²) in [7, 11) is 0. The number of aromatic amines is 1. The van der Waals surface area contributed by atoms with E-state index in [1.807, 2.05) is 0 Å². The van der Waals surface area contributed by atoms with E-state index in [4.69, 9.17) is 16.3 Å². The molecule has 37 heavy (non-hydrogen) atoms. The van der Waals surface area contributed by atoms with E-state index in [9.17, 15) is 22.8 Å². The largest absolute Gasteiger partial charge is 0.444 e. The maximum absolute atomic E-state index is 13.0. The SMILES string of the molecule is CC(C)(C)OC(=O)N1CCN(c2cncc(-c3c[nH]c4ncc(Cl)cc34)n2)[C@@H](C(=O)CCC(F)(F)F)C1. The second kappa shape index (κ2) is 10.2. The van der Waals surface area contributed by atoms with E-state index in [0.29, 0.717) is 33.1 Å². The minimum atomic E-state index is -4.48. The molecular weight excluding hydrogens is 513 g/mol. The lowest BCUT2D eigenvalue weighted by atomic mass is 10.0. The average molecular weight is 539 g/mol. The second-order valence-electron chi connectivity index (χ2n) is 9.73. The lowest BCUT2D eigenvalue weighted by Crippen LogP contribution is -2.58. The van der Waals surface area contributed by atoms with E-state index in [0.717, 1.165) is 0 Å². The van der Waals surface area contributed by atoms with Crippen molar-refractivity contribution in [3.63, 3.8) is 0 Å². The number of hydrogen-bond acceptors (Lipinski definition) is 7. The van der Waals surface area contributed by atoms with Crippen LogP contribution in [0.1, 0.15) is 33.6 Å². The number of ether oxygens (including phenoxy) is 1. The summed E-state index contributed by atoms with van der Waals surface area (Å²) in [5.74, 6) is -0.350. The average Bonchev–Trinajstić information content (AvgIpc) is 3.23. The van der Waals surface area contributed by atoms with Crippen molar-refractivity contribution in [2.75, 3.05) is 24.5 Å². The summed E-state index contributed by atoms with van der Waals surface area (Å²) >= 11 is 6.10. The first-order chi connectivity index (χ1) is 17.3. The van der Waals surface area contributed by atoms with Crippen LogP contribution in [0.3, 0.4) is 0 Å². The molecule has 1 amide bonds. The zero-order valence-corrected chi connectivity index (χ0v) is 21.2. The monoisotopic (exact) mass is 538 g/mol. The van der Waals surface area contributed by atoms with Gasteiger partial charge in [0.15, 0.2) is 5.78 Å². The van der Waals surface area contributed by atoms with E-state index in [1.165, 1.54) is 23.5 Å².